The van der Waals surface area contributed by atoms with E-state index in [0.717, 1.165) is 0 Å². The maximum atomic E-state index is 12.7. The lowest BCUT2D eigenvalue weighted by molar-refractivity contribution is -0.384. The number of hydrogen-bond donors (Lipinski definition) is 1. The number of nitro benzene ring substituents is 1. The van der Waals surface area contributed by atoms with Crippen LogP contribution >= 0.6 is 0 Å². The number of carbonyl (C=O) groups excluding carboxylic acids is 2. The fourth-order valence-electron chi connectivity index (χ4n) is 3.00. The molecule has 0 radical (unpaired) electrons. The number of β-amino-alcohol motifs (C(OH)–C–C–N with tert-alkyl or cyclic N) is 1. The molecule has 2 aromatic rings. The number of aliphatic hydroxyl groups excluding tert-OH is 1. The van der Waals surface area contributed by atoms with E-state index in [1.54, 1.807) is 30.3 Å². The Kier molecular flexibility index (Phi) is 5.46. The summed E-state index contributed by atoms with van der Waals surface area (Å²) in [6.45, 7) is -0.0714. The van der Waals surface area contributed by atoms with E-state index in [2.05, 4.69) is 0 Å². The van der Waals surface area contributed by atoms with Crippen molar-refractivity contribution in [1.29, 1.82) is 0 Å². The third kappa shape index (κ3) is 4.29. The van der Waals surface area contributed by atoms with Crippen LogP contribution in [0.25, 0.3) is 0 Å². The Morgan fingerprint density at radius 2 is 1.81 bits per heavy atom. The van der Waals surface area contributed by atoms with Crippen LogP contribution in [0.4, 0.5) is 10.5 Å². The molecule has 1 heterocycles. The van der Waals surface area contributed by atoms with Gasteiger partial charge in [0.2, 0.25) is 0 Å². The van der Waals surface area contributed by atoms with Gasteiger partial charge in [0.1, 0.15) is 12.6 Å². The van der Waals surface area contributed by atoms with Gasteiger partial charge in [0.15, 0.2) is 5.78 Å². The molecule has 1 saturated heterocycles. The van der Waals surface area contributed by atoms with E-state index in [9.17, 15) is 24.8 Å². The van der Waals surface area contributed by atoms with Crippen LogP contribution in [0.15, 0.2) is 54.6 Å². The largest absolute Gasteiger partial charge is 0.445 e. The second-order valence-corrected chi connectivity index (χ2v) is 6.27. The molecule has 1 aliphatic rings. The highest BCUT2D eigenvalue weighted by molar-refractivity contribution is 6.01. The first-order chi connectivity index (χ1) is 13.0. The van der Waals surface area contributed by atoms with Crippen molar-refractivity contribution < 1.29 is 24.4 Å². The summed E-state index contributed by atoms with van der Waals surface area (Å²) in [5, 5.41) is 20.6. The van der Waals surface area contributed by atoms with Gasteiger partial charge >= 0.3 is 6.09 Å². The van der Waals surface area contributed by atoms with E-state index in [4.69, 9.17) is 4.74 Å². The molecule has 0 bridgehead atoms. The number of likely N-dealkylation sites (tertiary alicyclic amines) is 1. The molecular formula is C19H18N2O6. The van der Waals surface area contributed by atoms with Crippen LogP contribution in [0.2, 0.25) is 0 Å². The van der Waals surface area contributed by atoms with Crippen LogP contribution in [0.1, 0.15) is 22.3 Å². The number of nitrogens with zero attached hydrogens (tertiary/aromatic N) is 2. The van der Waals surface area contributed by atoms with E-state index in [-0.39, 0.29) is 31.0 Å². The highest BCUT2D eigenvalue weighted by Gasteiger charge is 2.40. The van der Waals surface area contributed by atoms with E-state index in [1.807, 2.05) is 0 Å². The summed E-state index contributed by atoms with van der Waals surface area (Å²) in [4.78, 5) is 36.4. The third-order valence-electron chi connectivity index (χ3n) is 4.38. The van der Waals surface area contributed by atoms with Crippen molar-refractivity contribution in [2.24, 2.45) is 0 Å². The number of aliphatic hydroxyl groups is 1. The standard InChI is InChI=1S/C19H18N2O6/c22-16-10-17(18(23)14-4-2-1-3-5-14)20(11-16)19(24)27-12-13-6-8-15(9-7-13)21(25)26/h1-9,16-17,22H,10-12H2. The zero-order valence-electron chi connectivity index (χ0n) is 14.4. The van der Waals surface area contributed by atoms with Gasteiger partial charge < -0.3 is 9.84 Å². The molecule has 2 atom stereocenters. The lowest BCUT2D eigenvalue weighted by Gasteiger charge is -2.22. The number of non-ortho nitro benzene ring substituents is 1. The Bertz CT molecular complexity index is 837. The second kappa shape index (κ2) is 7.96. The summed E-state index contributed by atoms with van der Waals surface area (Å²) in [6.07, 6.45) is -1.35. The van der Waals surface area contributed by atoms with Gasteiger partial charge in [-0.1, -0.05) is 30.3 Å². The van der Waals surface area contributed by atoms with Crippen molar-refractivity contribution >= 4 is 17.6 Å². The molecule has 0 saturated carbocycles. The predicted octanol–water partition coefficient (Wildman–Crippen LogP) is 2.55. The van der Waals surface area contributed by atoms with Crippen LogP contribution in [0, 0.1) is 10.1 Å². The number of benzene rings is 2. The number of ketones is 1. The van der Waals surface area contributed by atoms with Crippen LogP contribution in [0.3, 0.4) is 0 Å². The number of carbonyl (C=O) groups is 2. The van der Waals surface area contributed by atoms with Gasteiger partial charge in [-0.2, -0.15) is 0 Å². The first kappa shape index (κ1) is 18.5. The fourth-order valence-corrected chi connectivity index (χ4v) is 3.00. The summed E-state index contributed by atoms with van der Waals surface area (Å²) < 4.78 is 5.23. The maximum absolute atomic E-state index is 12.7. The van der Waals surface area contributed by atoms with Crippen molar-refractivity contribution in [3.8, 4) is 0 Å². The minimum Gasteiger partial charge on any atom is -0.445 e. The average Bonchev–Trinajstić information content (AvgIpc) is 3.08. The summed E-state index contributed by atoms with van der Waals surface area (Å²) in [5.41, 5.74) is 0.991. The number of amides is 1. The van der Waals surface area contributed by atoms with E-state index in [1.165, 1.54) is 29.2 Å². The molecule has 0 aliphatic carbocycles. The van der Waals surface area contributed by atoms with Gasteiger partial charge in [0.05, 0.1) is 17.6 Å². The number of Topliss-reactive ketones (excluding diaryl/α,β-unsaturated/α-hetero) is 1. The minimum atomic E-state index is -0.797. The van der Waals surface area contributed by atoms with Gasteiger partial charge in [0, 0.05) is 24.1 Å². The molecular weight excluding hydrogens is 352 g/mol. The zero-order valence-corrected chi connectivity index (χ0v) is 14.4. The molecule has 1 aliphatic heterocycles. The quantitative estimate of drug-likeness (QED) is 0.492. The molecule has 140 valence electrons. The molecule has 1 fully saturated rings. The Morgan fingerprint density at radius 1 is 1.15 bits per heavy atom. The van der Waals surface area contributed by atoms with Crippen LogP contribution in [-0.2, 0) is 11.3 Å². The number of nitro groups is 1. The van der Waals surface area contributed by atoms with E-state index in [0.29, 0.717) is 11.1 Å². The number of hydrogen-bond acceptors (Lipinski definition) is 6. The van der Waals surface area contributed by atoms with E-state index < -0.39 is 23.2 Å². The van der Waals surface area contributed by atoms with Crippen molar-refractivity contribution in [3.05, 3.63) is 75.8 Å². The molecule has 3 rings (SSSR count). The van der Waals surface area contributed by atoms with Gasteiger partial charge in [-0.05, 0) is 17.7 Å². The number of rotatable bonds is 5. The molecule has 27 heavy (non-hydrogen) atoms. The Labute approximate surface area is 155 Å². The van der Waals surface area contributed by atoms with Gasteiger partial charge in [-0.25, -0.2) is 4.79 Å². The highest BCUT2D eigenvalue weighted by Crippen LogP contribution is 2.23. The topological polar surface area (TPSA) is 110 Å². The lowest BCUT2D eigenvalue weighted by atomic mass is 10.0. The number of ether oxygens (including phenoxy) is 1. The molecule has 0 spiro atoms. The van der Waals surface area contributed by atoms with E-state index >= 15 is 0 Å². The molecule has 2 unspecified atom stereocenters. The molecule has 1 amide bonds. The van der Waals surface area contributed by atoms with Crippen LogP contribution < -0.4 is 0 Å². The predicted molar refractivity (Wildman–Crippen MR) is 95.2 cm³/mol. The van der Waals surface area contributed by atoms with Crippen molar-refractivity contribution in [1.82, 2.24) is 4.90 Å². The first-order valence-corrected chi connectivity index (χ1v) is 8.40. The summed E-state index contributed by atoms with van der Waals surface area (Å²) in [7, 11) is 0. The normalized spacial score (nSPS) is 18.9. The maximum Gasteiger partial charge on any atom is 0.410 e. The molecule has 8 nitrogen and oxygen atoms in total. The minimum absolute atomic E-state index is 0.0162. The van der Waals surface area contributed by atoms with Gasteiger partial charge in [0.25, 0.3) is 5.69 Å². The Morgan fingerprint density at radius 3 is 2.44 bits per heavy atom. The lowest BCUT2D eigenvalue weighted by Crippen LogP contribution is -2.41. The van der Waals surface area contributed by atoms with Crippen LogP contribution in [0.5, 0.6) is 0 Å². The molecule has 0 aromatic heterocycles. The average molecular weight is 370 g/mol. The van der Waals surface area contributed by atoms with Crippen molar-refractivity contribution in [2.75, 3.05) is 6.54 Å². The summed E-state index contributed by atoms with van der Waals surface area (Å²) in [6, 6.07) is 13.4. The van der Waals surface area contributed by atoms with Gasteiger partial charge in [-0.15, -0.1) is 0 Å². The third-order valence-corrected chi connectivity index (χ3v) is 4.38. The fraction of sp³-hybridized carbons (Fsp3) is 0.263. The first-order valence-electron chi connectivity index (χ1n) is 8.40. The smallest absolute Gasteiger partial charge is 0.410 e. The monoisotopic (exact) mass is 370 g/mol. The molecule has 8 heteroatoms. The van der Waals surface area contributed by atoms with Crippen molar-refractivity contribution in [2.45, 2.75) is 25.2 Å². The van der Waals surface area contributed by atoms with Crippen LogP contribution in [-0.4, -0.2) is 45.5 Å². The zero-order chi connectivity index (χ0) is 19.4. The Hall–Kier alpha value is -3.26. The second-order valence-electron chi connectivity index (χ2n) is 6.27. The SMILES string of the molecule is O=C(c1ccccc1)C1CC(O)CN1C(=O)OCc1ccc([N+](=O)[O-])cc1. The van der Waals surface area contributed by atoms with Crippen molar-refractivity contribution in [3.63, 3.8) is 0 Å². The summed E-state index contributed by atoms with van der Waals surface area (Å²) >= 11 is 0. The Balaban J connectivity index is 1.65. The van der Waals surface area contributed by atoms with Gasteiger partial charge in [-0.3, -0.25) is 19.8 Å². The molecule has 2 aromatic carbocycles. The highest BCUT2D eigenvalue weighted by atomic mass is 16.6. The molecule has 1 N–H and O–H groups in total. The summed E-state index contributed by atoms with van der Waals surface area (Å²) in [5.74, 6) is -0.251.